The summed E-state index contributed by atoms with van der Waals surface area (Å²) in [6.45, 7) is 2.76. The van der Waals surface area contributed by atoms with Gasteiger partial charge in [0.2, 0.25) is 0 Å². The number of hydrazone groups is 1. The van der Waals surface area contributed by atoms with E-state index in [1.54, 1.807) is 0 Å². The zero-order chi connectivity index (χ0) is 13.5. The van der Waals surface area contributed by atoms with Crippen LogP contribution in [0.4, 0.5) is 5.69 Å². The van der Waals surface area contributed by atoms with Gasteiger partial charge < -0.3 is 14.7 Å². The first kappa shape index (κ1) is 13.5. The molecule has 6 heteroatoms. The third-order valence-electron chi connectivity index (χ3n) is 2.82. The molecule has 6 nitrogen and oxygen atoms in total. The Labute approximate surface area is 111 Å². The van der Waals surface area contributed by atoms with Crippen molar-refractivity contribution in [3.63, 3.8) is 0 Å². The maximum Gasteiger partial charge on any atom is 0.265 e. The second-order valence-corrected chi connectivity index (χ2v) is 4.14. The molecular weight excluding hydrogens is 246 g/mol. The van der Waals surface area contributed by atoms with E-state index in [4.69, 9.17) is 9.84 Å². The summed E-state index contributed by atoms with van der Waals surface area (Å²) >= 11 is 0. The van der Waals surface area contributed by atoms with Crippen molar-refractivity contribution in [2.45, 2.75) is 0 Å². The SMILES string of the molecule is O=C(CO)N/N=C\c1ccc(N2CCOCC2)cc1. The van der Waals surface area contributed by atoms with Crippen molar-refractivity contribution in [3.05, 3.63) is 29.8 Å². The molecule has 1 amide bonds. The maximum atomic E-state index is 10.8. The standard InChI is InChI=1S/C13H17N3O3/c17-10-13(18)15-14-9-11-1-3-12(4-2-11)16-5-7-19-8-6-16/h1-4,9,17H,5-8,10H2,(H,15,18)/b14-9-. The molecule has 0 atom stereocenters. The average molecular weight is 263 g/mol. The van der Waals surface area contributed by atoms with Crippen LogP contribution in [0.15, 0.2) is 29.4 Å². The van der Waals surface area contributed by atoms with E-state index in [0.717, 1.165) is 37.6 Å². The number of morpholine rings is 1. The number of anilines is 1. The molecule has 1 aromatic rings. The molecule has 1 saturated heterocycles. The minimum Gasteiger partial charge on any atom is -0.386 e. The van der Waals surface area contributed by atoms with Gasteiger partial charge in [0, 0.05) is 18.8 Å². The van der Waals surface area contributed by atoms with E-state index in [2.05, 4.69) is 15.4 Å². The van der Waals surface area contributed by atoms with Crippen molar-refractivity contribution in [1.82, 2.24) is 5.43 Å². The van der Waals surface area contributed by atoms with Crippen LogP contribution in [-0.2, 0) is 9.53 Å². The average Bonchev–Trinajstić information content (AvgIpc) is 2.48. The molecule has 0 saturated carbocycles. The van der Waals surface area contributed by atoms with Gasteiger partial charge in [-0.15, -0.1) is 0 Å². The van der Waals surface area contributed by atoms with Gasteiger partial charge in [-0.2, -0.15) is 5.10 Å². The van der Waals surface area contributed by atoms with Gasteiger partial charge in [-0.1, -0.05) is 12.1 Å². The van der Waals surface area contributed by atoms with Crippen LogP contribution in [0.25, 0.3) is 0 Å². The number of amides is 1. The minimum absolute atomic E-state index is 0.527. The van der Waals surface area contributed by atoms with Crippen LogP contribution in [0.5, 0.6) is 0 Å². The molecule has 0 aromatic heterocycles. The Morgan fingerprint density at radius 3 is 2.68 bits per heavy atom. The van der Waals surface area contributed by atoms with Gasteiger partial charge in [-0.3, -0.25) is 4.79 Å². The van der Waals surface area contributed by atoms with Crippen LogP contribution < -0.4 is 10.3 Å². The summed E-state index contributed by atoms with van der Waals surface area (Å²) in [5.41, 5.74) is 4.25. The molecule has 1 heterocycles. The molecule has 0 aliphatic carbocycles. The highest BCUT2D eigenvalue weighted by atomic mass is 16.5. The Morgan fingerprint density at radius 2 is 2.05 bits per heavy atom. The Morgan fingerprint density at radius 1 is 1.37 bits per heavy atom. The van der Waals surface area contributed by atoms with Crippen LogP contribution in [0.1, 0.15) is 5.56 Å². The number of rotatable bonds is 4. The van der Waals surface area contributed by atoms with Crippen molar-refractivity contribution in [2.24, 2.45) is 5.10 Å². The van der Waals surface area contributed by atoms with Crippen molar-refractivity contribution in [2.75, 3.05) is 37.8 Å². The molecule has 2 rings (SSSR count). The highest BCUT2D eigenvalue weighted by Crippen LogP contribution is 2.15. The zero-order valence-corrected chi connectivity index (χ0v) is 10.6. The lowest BCUT2D eigenvalue weighted by Gasteiger charge is -2.28. The zero-order valence-electron chi connectivity index (χ0n) is 10.6. The number of aliphatic hydroxyl groups excluding tert-OH is 1. The topological polar surface area (TPSA) is 74.2 Å². The van der Waals surface area contributed by atoms with Crippen LogP contribution in [0, 0.1) is 0 Å². The summed E-state index contributed by atoms with van der Waals surface area (Å²) in [4.78, 5) is 13.0. The van der Waals surface area contributed by atoms with Crippen LogP contribution in [0.3, 0.4) is 0 Å². The van der Waals surface area contributed by atoms with Gasteiger partial charge in [0.25, 0.3) is 5.91 Å². The molecule has 102 valence electrons. The minimum atomic E-state index is -0.562. The second-order valence-electron chi connectivity index (χ2n) is 4.14. The van der Waals surface area contributed by atoms with Crippen molar-refractivity contribution >= 4 is 17.8 Å². The number of nitrogens with one attached hydrogen (secondary N) is 1. The predicted molar refractivity (Wildman–Crippen MR) is 72.3 cm³/mol. The maximum absolute atomic E-state index is 10.8. The molecule has 0 unspecified atom stereocenters. The Balaban J connectivity index is 1.92. The predicted octanol–water partition coefficient (Wildman–Crippen LogP) is -0.0344. The fraction of sp³-hybridized carbons (Fsp3) is 0.385. The lowest BCUT2D eigenvalue weighted by molar-refractivity contribution is -0.123. The summed E-state index contributed by atoms with van der Waals surface area (Å²) < 4.78 is 5.31. The first-order valence-electron chi connectivity index (χ1n) is 6.15. The summed E-state index contributed by atoms with van der Waals surface area (Å²) in [5.74, 6) is -0.527. The van der Waals surface area contributed by atoms with E-state index in [1.165, 1.54) is 6.21 Å². The van der Waals surface area contributed by atoms with Gasteiger partial charge in [0.15, 0.2) is 0 Å². The molecular formula is C13H17N3O3. The van der Waals surface area contributed by atoms with Gasteiger partial charge in [-0.25, -0.2) is 5.43 Å². The summed E-state index contributed by atoms with van der Waals surface area (Å²) in [6.07, 6.45) is 1.54. The number of ether oxygens (including phenoxy) is 1. The monoisotopic (exact) mass is 263 g/mol. The molecule has 19 heavy (non-hydrogen) atoms. The fourth-order valence-corrected chi connectivity index (χ4v) is 1.81. The first-order valence-corrected chi connectivity index (χ1v) is 6.15. The van der Waals surface area contributed by atoms with E-state index in [0.29, 0.717) is 0 Å². The summed E-state index contributed by atoms with van der Waals surface area (Å²) in [7, 11) is 0. The molecule has 1 aromatic carbocycles. The van der Waals surface area contributed by atoms with E-state index in [-0.39, 0.29) is 0 Å². The molecule has 1 fully saturated rings. The lowest BCUT2D eigenvalue weighted by atomic mass is 10.2. The fourth-order valence-electron chi connectivity index (χ4n) is 1.81. The first-order chi connectivity index (χ1) is 9.29. The van der Waals surface area contributed by atoms with E-state index >= 15 is 0 Å². The van der Waals surface area contributed by atoms with E-state index < -0.39 is 12.5 Å². The number of aliphatic hydroxyl groups is 1. The van der Waals surface area contributed by atoms with Gasteiger partial charge in [-0.05, 0) is 17.7 Å². The van der Waals surface area contributed by atoms with Gasteiger partial charge >= 0.3 is 0 Å². The van der Waals surface area contributed by atoms with Crippen molar-refractivity contribution in [3.8, 4) is 0 Å². The number of carbonyl (C=O) groups is 1. The Bertz CT molecular complexity index is 439. The molecule has 0 radical (unpaired) electrons. The van der Waals surface area contributed by atoms with Crippen LogP contribution in [0.2, 0.25) is 0 Å². The van der Waals surface area contributed by atoms with Crippen LogP contribution in [-0.4, -0.2) is 50.1 Å². The van der Waals surface area contributed by atoms with Crippen molar-refractivity contribution in [1.29, 1.82) is 0 Å². The number of benzene rings is 1. The molecule has 0 bridgehead atoms. The highest BCUT2D eigenvalue weighted by Gasteiger charge is 2.10. The van der Waals surface area contributed by atoms with Crippen molar-refractivity contribution < 1.29 is 14.6 Å². The largest absolute Gasteiger partial charge is 0.386 e. The van der Waals surface area contributed by atoms with Gasteiger partial charge in [0.05, 0.1) is 19.4 Å². The quantitative estimate of drug-likeness (QED) is 0.591. The van der Waals surface area contributed by atoms with E-state index in [1.807, 2.05) is 24.3 Å². The molecule has 0 spiro atoms. The number of carbonyl (C=O) groups excluding carboxylic acids is 1. The molecule has 2 N–H and O–H groups in total. The van der Waals surface area contributed by atoms with E-state index in [9.17, 15) is 4.79 Å². The third-order valence-corrected chi connectivity index (χ3v) is 2.82. The summed E-state index contributed by atoms with van der Waals surface area (Å²) in [5, 5.41) is 12.2. The van der Waals surface area contributed by atoms with Crippen LogP contribution >= 0.6 is 0 Å². The lowest BCUT2D eigenvalue weighted by Crippen LogP contribution is -2.36. The Hall–Kier alpha value is -1.92. The molecule has 1 aliphatic rings. The normalized spacial score (nSPS) is 15.7. The third kappa shape index (κ3) is 4.04. The summed E-state index contributed by atoms with van der Waals surface area (Å²) in [6, 6.07) is 7.89. The number of hydrogen-bond acceptors (Lipinski definition) is 5. The second kappa shape index (κ2) is 6.86. The van der Waals surface area contributed by atoms with Gasteiger partial charge in [0.1, 0.15) is 6.61 Å². The Kier molecular flexibility index (Phi) is 4.88. The number of nitrogens with zero attached hydrogens (tertiary/aromatic N) is 2. The molecule has 1 aliphatic heterocycles. The smallest absolute Gasteiger partial charge is 0.265 e. The highest BCUT2D eigenvalue weighted by molar-refractivity contribution is 5.83. The number of hydrogen-bond donors (Lipinski definition) is 2.